The molecule has 1 aromatic carbocycles. The van der Waals surface area contributed by atoms with Crippen molar-refractivity contribution >= 4 is 21.9 Å². The molecule has 0 aliphatic heterocycles. The van der Waals surface area contributed by atoms with Crippen LogP contribution < -0.4 is 9.47 Å². The molecule has 1 N–H and O–H groups in total. The molecule has 7 heteroatoms. The van der Waals surface area contributed by atoms with E-state index in [1.54, 1.807) is 0 Å². The van der Waals surface area contributed by atoms with Gasteiger partial charge in [-0.15, -0.1) is 0 Å². The highest BCUT2D eigenvalue weighted by molar-refractivity contribution is 9.10. The highest BCUT2D eigenvalue weighted by atomic mass is 79.9. The van der Waals surface area contributed by atoms with Crippen molar-refractivity contribution in [2.24, 2.45) is 0 Å². The summed E-state index contributed by atoms with van der Waals surface area (Å²) in [5, 5.41) is 8.78. The van der Waals surface area contributed by atoms with Crippen LogP contribution in [0.2, 0.25) is 0 Å². The van der Waals surface area contributed by atoms with Gasteiger partial charge in [-0.25, -0.2) is 9.78 Å². The molecule has 0 bridgehead atoms. The van der Waals surface area contributed by atoms with Crippen LogP contribution in [0.1, 0.15) is 10.4 Å². The lowest BCUT2D eigenvalue weighted by Crippen LogP contribution is -1.97. The Morgan fingerprint density at radius 3 is 2.58 bits per heavy atom. The maximum absolute atomic E-state index is 10.7. The Kier molecular flexibility index (Phi) is 3.96. The van der Waals surface area contributed by atoms with Crippen LogP contribution >= 0.6 is 15.9 Å². The van der Waals surface area contributed by atoms with E-state index in [2.05, 4.69) is 25.9 Å². The number of aromatic carboxylic acids is 1. The molecule has 2 rings (SSSR count). The van der Waals surface area contributed by atoms with E-state index in [9.17, 15) is 4.79 Å². The van der Waals surface area contributed by atoms with E-state index in [1.165, 1.54) is 37.6 Å². The summed E-state index contributed by atoms with van der Waals surface area (Å²) >= 11 is 3.23. The van der Waals surface area contributed by atoms with E-state index in [1.807, 2.05) is 0 Å². The largest absolute Gasteiger partial charge is 0.480 e. The third-order valence-corrected chi connectivity index (χ3v) is 2.74. The van der Waals surface area contributed by atoms with Crippen LogP contribution in [0.4, 0.5) is 0 Å². The van der Waals surface area contributed by atoms with E-state index < -0.39 is 5.97 Å². The molecule has 0 saturated heterocycles. The maximum atomic E-state index is 10.7. The second-order valence-electron chi connectivity index (χ2n) is 3.44. The second kappa shape index (κ2) is 5.66. The van der Waals surface area contributed by atoms with Gasteiger partial charge in [-0.1, -0.05) is 0 Å². The van der Waals surface area contributed by atoms with Crippen LogP contribution in [-0.2, 0) is 0 Å². The Morgan fingerprint density at radius 1 is 1.32 bits per heavy atom. The van der Waals surface area contributed by atoms with Crippen molar-refractivity contribution in [3.8, 4) is 17.6 Å². The zero-order chi connectivity index (χ0) is 13.8. The van der Waals surface area contributed by atoms with E-state index in [4.69, 9.17) is 14.6 Å². The van der Waals surface area contributed by atoms with Crippen LogP contribution in [0.5, 0.6) is 17.6 Å². The zero-order valence-electron chi connectivity index (χ0n) is 9.83. The van der Waals surface area contributed by atoms with Gasteiger partial charge < -0.3 is 14.6 Å². The van der Waals surface area contributed by atoms with Crippen molar-refractivity contribution in [3.63, 3.8) is 0 Å². The van der Waals surface area contributed by atoms with Gasteiger partial charge in [-0.05, 0) is 40.2 Å². The van der Waals surface area contributed by atoms with Gasteiger partial charge in [0.15, 0.2) is 0 Å². The van der Waals surface area contributed by atoms with Crippen LogP contribution in [0.3, 0.4) is 0 Å². The number of carboxylic acids is 1. The SMILES string of the molecule is COc1nc(Oc2ccc(C(=O)O)cc2)ncc1Br. The van der Waals surface area contributed by atoms with Crippen molar-refractivity contribution in [2.75, 3.05) is 7.11 Å². The Labute approximate surface area is 117 Å². The third-order valence-electron chi connectivity index (χ3n) is 2.19. The second-order valence-corrected chi connectivity index (χ2v) is 4.30. The molecule has 0 saturated carbocycles. The van der Waals surface area contributed by atoms with E-state index in [0.717, 1.165) is 0 Å². The van der Waals surface area contributed by atoms with Crippen molar-refractivity contribution in [3.05, 3.63) is 40.5 Å². The fourth-order valence-corrected chi connectivity index (χ4v) is 1.65. The number of hydrogen-bond donors (Lipinski definition) is 1. The summed E-state index contributed by atoms with van der Waals surface area (Å²) in [5.41, 5.74) is 0.182. The van der Waals surface area contributed by atoms with Crippen molar-refractivity contribution in [1.82, 2.24) is 9.97 Å². The van der Waals surface area contributed by atoms with Gasteiger partial charge in [0.25, 0.3) is 0 Å². The third kappa shape index (κ3) is 3.19. The van der Waals surface area contributed by atoms with Gasteiger partial charge in [0.2, 0.25) is 5.88 Å². The predicted octanol–water partition coefficient (Wildman–Crippen LogP) is 2.74. The van der Waals surface area contributed by atoms with Gasteiger partial charge in [0, 0.05) is 0 Å². The predicted molar refractivity (Wildman–Crippen MR) is 69.8 cm³/mol. The minimum absolute atomic E-state index is 0.114. The number of aromatic nitrogens is 2. The summed E-state index contributed by atoms with van der Waals surface area (Å²) in [6.45, 7) is 0. The van der Waals surface area contributed by atoms with Crippen LogP contribution in [0, 0.1) is 0 Å². The highest BCUT2D eigenvalue weighted by Gasteiger charge is 2.08. The molecule has 0 radical (unpaired) electrons. The number of methoxy groups -OCH3 is 1. The number of carboxylic acid groups (broad SMARTS) is 1. The molecule has 0 fully saturated rings. The normalized spacial score (nSPS) is 10.0. The molecule has 19 heavy (non-hydrogen) atoms. The number of carbonyl (C=O) groups is 1. The van der Waals surface area contributed by atoms with E-state index in [0.29, 0.717) is 16.1 Å². The quantitative estimate of drug-likeness (QED) is 0.931. The van der Waals surface area contributed by atoms with Gasteiger partial charge in [0.1, 0.15) is 5.75 Å². The number of ether oxygens (including phenoxy) is 2. The van der Waals surface area contributed by atoms with Crippen LogP contribution in [0.25, 0.3) is 0 Å². The highest BCUT2D eigenvalue weighted by Crippen LogP contribution is 2.25. The van der Waals surface area contributed by atoms with Gasteiger partial charge >= 0.3 is 12.0 Å². The molecule has 6 nitrogen and oxygen atoms in total. The molecule has 0 aliphatic carbocycles. The first-order chi connectivity index (χ1) is 9.10. The smallest absolute Gasteiger partial charge is 0.335 e. The number of benzene rings is 1. The molecule has 0 amide bonds. The molecule has 1 heterocycles. The Hall–Kier alpha value is -2.15. The molecule has 98 valence electrons. The summed E-state index contributed by atoms with van der Waals surface area (Å²) in [7, 11) is 1.48. The molecule has 2 aromatic rings. The first-order valence-corrected chi connectivity index (χ1v) is 5.97. The minimum atomic E-state index is -0.992. The number of hydrogen-bond acceptors (Lipinski definition) is 5. The molecular formula is C12H9BrN2O4. The van der Waals surface area contributed by atoms with Crippen molar-refractivity contribution < 1.29 is 19.4 Å². The average molecular weight is 325 g/mol. The summed E-state index contributed by atoms with van der Waals surface area (Å²) in [6, 6.07) is 6.05. The monoisotopic (exact) mass is 324 g/mol. The maximum Gasteiger partial charge on any atom is 0.335 e. The molecule has 0 aliphatic rings. The fraction of sp³-hybridized carbons (Fsp3) is 0.0833. The van der Waals surface area contributed by atoms with Crippen molar-refractivity contribution in [2.45, 2.75) is 0 Å². The average Bonchev–Trinajstić information content (AvgIpc) is 2.41. The minimum Gasteiger partial charge on any atom is -0.480 e. The summed E-state index contributed by atoms with van der Waals surface area (Å²) in [5.74, 6) is -0.199. The van der Waals surface area contributed by atoms with Crippen LogP contribution in [-0.4, -0.2) is 28.2 Å². The first-order valence-electron chi connectivity index (χ1n) is 5.18. The number of rotatable bonds is 4. The van der Waals surface area contributed by atoms with Crippen molar-refractivity contribution in [1.29, 1.82) is 0 Å². The van der Waals surface area contributed by atoms with Gasteiger partial charge in [0.05, 0.1) is 23.3 Å². The van der Waals surface area contributed by atoms with Crippen LogP contribution in [0.15, 0.2) is 34.9 Å². The Balaban J connectivity index is 2.19. The first kappa shape index (κ1) is 13.3. The molecule has 0 unspecified atom stereocenters. The lowest BCUT2D eigenvalue weighted by Gasteiger charge is -2.06. The lowest BCUT2D eigenvalue weighted by atomic mass is 10.2. The zero-order valence-corrected chi connectivity index (χ0v) is 11.4. The molecule has 0 atom stereocenters. The van der Waals surface area contributed by atoms with Gasteiger partial charge in [-0.2, -0.15) is 4.98 Å². The Morgan fingerprint density at radius 2 is 2.00 bits per heavy atom. The summed E-state index contributed by atoms with van der Waals surface area (Å²) in [4.78, 5) is 18.7. The van der Waals surface area contributed by atoms with Gasteiger partial charge in [-0.3, -0.25) is 0 Å². The molecule has 1 aromatic heterocycles. The summed E-state index contributed by atoms with van der Waals surface area (Å²) in [6.07, 6.45) is 1.51. The topological polar surface area (TPSA) is 81.5 Å². The fourth-order valence-electron chi connectivity index (χ4n) is 1.30. The number of halogens is 1. The Bertz CT molecular complexity index is 601. The lowest BCUT2D eigenvalue weighted by molar-refractivity contribution is 0.0697. The molecule has 0 spiro atoms. The summed E-state index contributed by atoms with van der Waals surface area (Å²) < 4.78 is 11.0. The number of nitrogens with zero attached hydrogens (tertiary/aromatic N) is 2. The van der Waals surface area contributed by atoms with E-state index >= 15 is 0 Å². The standard InChI is InChI=1S/C12H9BrN2O4/c1-18-10-9(13)6-14-12(15-10)19-8-4-2-7(3-5-8)11(16)17/h2-6H,1H3,(H,16,17). The molecular weight excluding hydrogens is 316 g/mol. The van der Waals surface area contributed by atoms with E-state index in [-0.39, 0.29) is 11.6 Å².